The van der Waals surface area contributed by atoms with Crippen molar-refractivity contribution in [3.63, 3.8) is 0 Å². The fourth-order valence-corrected chi connectivity index (χ4v) is 3.82. The van der Waals surface area contributed by atoms with E-state index < -0.39 is 17.7 Å². The van der Waals surface area contributed by atoms with Crippen LogP contribution < -0.4 is 20.3 Å². The Labute approximate surface area is 191 Å². The molecule has 2 aliphatic heterocycles. The second-order valence-electron chi connectivity index (χ2n) is 7.90. The Morgan fingerprint density at radius 1 is 1.15 bits per heavy atom. The third-order valence-corrected chi connectivity index (χ3v) is 5.18. The Morgan fingerprint density at radius 2 is 2.00 bits per heavy atom. The highest BCUT2D eigenvalue weighted by Gasteiger charge is 2.47. The minimum atomic E-state index is -4.82. The van der Waals surface area contributed by atoms with Gasteiger partial charge in [-0.1, -0.05) is 0 Å². The lowest BCUT2D eigenvalue weighted by Crippen LogP contribution is -2.75. The summed E-state index contributed by atoms with van der Waals surface area (Å²) in [6.07, 6.45) is -0.405. The molecule has 0 unspecified atom stereocenters. The van der Waals surface area contributed by atoms with E-state index in [0.29, 0.717) is 42.7 Å². The average molecular weight is 473 g/mol. The predicted molar refractivity (Wildman–Crippen MR) is 113 cm³/mol. The SMILES string of the molecule is O=C1COCC2(CN(c3cc(Nc4cc(OC(F)(F)F)ccn4)nc(-c4cccnc4)n3)C2)N1. The summed E-state index contributed by atoms with van der Waals surface area (Å²) in [5.74, 6) is 0.760. The Morgan fingerprint density at radius 3 is 2.74 bits per heavy atom. The van der Waals surface area contributed by atoms with Gasteiger partial charge in [0.25, 0.3) is 0 Å². The molecule has 2 N–H and O–H groups in total. The first-order chi connectivity index (χ1) is 16.3. The van der Waals surface area contributed by atoms with Crippen molar-refractivity contribution < 1.29 is 27.4 Å². The number of hydrogen-bond donors (Lipinski definition) is 2. The molecule has 0 aliphatic carbocycles. The molecule has 2 saturated heterocycles. The number of rotatable bonds is 5. The van der Waals surface area contributed by atoms with Crippen molar-refractivity contribution in [1.82, 2.24) is 25.3 Å². The van der Waals surface area contributed by atoms with Gasteiger partial charge in [0.05, 0.1) is 12.1 Å². The molecule has 0 aromatic carbocycles. The van der Waals surface area contributed by atoms with Crippen molar-refractivity contribution in [2.45, 2.75) is 11.9 Å². The van der Waals surface area contributed by atoms with Crippen LogP contribution in [-0.4, -0.2) is 64.0 Å². The number of ether oxygens (including phenoxy) is 2. The standard InChI is InChI=1S/C21H18F3N7O3/c22-21(23,24)34-14-3-5-26-15(6-14)27-16-7-17(29-19(28-16)13-2-1-4-25-8-13)31-10-20(11-31)12-33-9-18(32)30-20/h1-8H,9-12H2,(H,30,32)(H,26,27,28,29). The molecule has 3 aromatic rings. The summed E-state index contributed by atoms with van der Waals surface area (Å²) in [6, 6.07) is 7.40. The van der Waals surface area contributed by atoms with Crippen LogP contribution in [0, 0.1) is 0 Å². The molecule has 10 nitrogen and oxygen atoms in total. The van der Waals surface area contributed by atoms with Gasteiger partial charge in [-0.3, -0.25) is 9.78 Å². The van der Waals surface area contributed by atoms with E-state index in [-0.39, 0.29) is 18.3 Å². The number of aromatic nitrogens is 4. The molecule has 34 heavy (non-hydrogen) atoms. The van der Waals surface area contributed by atoms with Crippen molar-refractivity contribution in [2.24, 2.45) is 0 Å². The molecule has 13 heteroatoms. The van der Waals surface area contributed by atoms with E-state index in [1.165, 1.54) is 6.20 Å². The topological polar surface area (TPSA) is 114 Å². The molecule has 0 saturated carbocycles. The van der Waals surface area contributed by atoms with Gasteiger partial charge >= 0.3 is 6.36 Å². The van der Waals surface area contributed by atoms with Crippen LogP contribution in [0.1, 0.15) is 0 Å². The van der Waals surface area contributed by atoms with Gasteiger partial charge in [-0.2, -0.15) is 0 Å². The van der Waals surface area contributed by atoms with Gasteiger partial charge in [-0.05, 0) is 18.2 Å². The number of hydrogen-bond acceptors (Lipinski definition) is 9. The number of carbonyl (C=O) groups excluding carboxylic acids is 1. The maximum atomic E-state index is 12.6. The third-order valence-electron chi connectivity index (χ3n) is 5.18. The van der Waals surface area contributed by atoms with Gasteiger partial charge in [0.2, 0.25) is 5.91 Å². The summed E-state index contributed by atoms with van der Waals surface area (Å²) >= 11 is 0. The average Bonchev–Trinajstić information content (AvgIpc) is 2.77. The lowest BCUT2D eigenvalue weighted by atomic mass is 9.89. The Hall–Kier alpha value is -4.00. The van der Waals surface area contributed by atoms with Gasteiger partial charge in [0.1, 0.15) is 29.8 Å². The largest absolute Gasteiger partial charge is 0.573 e. The predicted octanol–water partition coefficient (Wildman–Crippen LogP) is 2.28. The summed E-state index contributed by atoms with van der Waals surface area (Å²) in [6.45, 7) is 1.40. The summed E-state index contributed by atoms with van der Waals surface area (Å²) in [7, 11) is 0. The number of anilines is 3. The monoisotopic (exact) mass is 473 g/mol. The number of nitrogens with zero attached hydrogens (tertiary/aromatic N) is 5. The summed E-state index contributed by atoms with van der Waals surface area (Å²) in [5.41, 5.74) is 0.173. The van der Waals surface area contributed by atoms with Gasteiger partial charge < -0.3 is 25.0 Å². The van der Waals surface area contributed by atoms with E-state index in [1.807, 2.05) is 4.90 Å². The van der Waals surface area contributed by atoms with Gasteiger partial charge in [0.15, 0.2) is 5.82 Å². The second-order valence-corrected chi connectivity index (χ2v) is 7.90. The first-order valence-electron chi connectivity index (χ1n) is 10.2. The van der Waals surface area contributed by atoms with Crippen molar-refractivity contribution >= 4 is 23.4 Å². The highest BCUT2D eigenvalue weighted by atomic mass is 19.4. The Kier molecular flexibility index (Phi) is 5.40. The number of nitrogens with one attached hydrogen (secondary N) is 2. The fourth-order valence-electron chi connectivity index (χ4n) is 3.82. The normalized spacial score (nSPS) is 17.1. The molecule has 0 bridgehead atoms. The highest BCUT2D eigenvalue weighted by molar-refractivity contribution is 5.79. The molecule has 5 rings (SSSR count). The van der Waals surface area contributed by atoms with Crippen molar-refractivity contribution in [1.29, 1.82) is 0 Å². The van der Waals surface area contributed by atoms with Crippen LogP contribution in [0.2, 0.25) is 0 Å². The molecule has 1 spiro atoms. The maximum Gasteiger partial charge on any atom is 0.573 e. The van der Waals surface area contributed by atoms with Crippen LogP contribution in [0.5, 0.6) is 5.75 Å². The lowest BCUT2D eigenvalue weighted by molar-refractivity contribution is -0.274. The number of pyridine rings is 2. The zero-order chi connectivity index (χ0) is 23.8. The molecule has 5 heterocycles. The molecule has 3 aromatic heterocycles. The second kappa shape index (κ2) is 8.41. The molecule has 0 radical (unpaired) electrons. The molecule has 1 amide bonds. The van der Waals surface area contributed by atoms with E-state index in [2.05, 4.69) is 35.3 Å². The summed E-state index contributed by atoms with van der Waals surface area (Å²) < 4.78 is 47.0. The van der Waals surface area contributed by atoms with Crippen molar-refractivity contribution in [3.05, 3.63) is 48.9 Å². The van der Waals surface area contributed by atoms with E-state index >= 15 is 0 Å². The molecule has 2 fully saturated rings. The molecular weight excluding hydrogens is 455 g/mol. The van der Waals surface area contributed by atoms with Crippen LogP contribution in [0.15, 0.2) is 48.9 Å². The number of halogens is 3. The van der Waals surface area contributed by atoms with Crippen LogP contribution in [-0.2, 0) is 9.53 Å². The first-order valence-corrected chi connectivity index (χ1v) is 10.2. The molecule has 176 valence electrons. The summed E-state index contributed by atoms with van der Waals surface area (Å²) in [4.78, 5) is 30.9. The van der Waals surface area contributed by atoms with Crippen molar-refractivity contribution in [3.8, 4) is 17.1 Å². The van der Waals surface area contributed by atoms with Gasteiger partial charge in [-0.15, -0.1) is 13.2 Å². The number of alkyl halides is 3. The smallest absolute Gasteiger partial charge is 0.406 e. The maximum absolute atomic E-state index is 12.6. The van der Waals surface area contributed by atoms with Crippen LogP contribution >= 0.6 is 0 Å². The molecule has 2 aliphatic rings. The zero-order valence-electron chi connectivity index (χ0n) is 17.5. The van der Waals surface area contributed by atoms with Crippen LogP contribution in [0.25, 0.3) is 11.4 Å². The Balaban J connectivity index is 1.42. The molecular formula is C21H18F3N7O3. The van der Waals surface area contributed by atoms with E-state index in [1.54, 1.807) is 30.6 Å². The number of amides is 1. The fraction of sp³-hybridized carbons (Fsp3) is 0.286. The van der Waals surface area contributed by atoms with Gasteiger partial charge in [-0.25, -0.2) is 15.0 Å². The van der Waals surface area contributed by atoms with Gasteiger partial charge in [0, 0.05) is 49.4 Å². The summed E-state index contributed by atoms with van der Waals surface area (Å²) in [5, 5.41) is 5.87. The van der Waals surface area contributed by atoms with Crippen LogP contribution in [0.3, 0.4) is 0 Å². The van der Waals surface area contributed by atoms with Crippen molar-refractivity contribution in [2.75, 3.05) is 36.5 Å². The highest BCUT2D eigenvalue weighted by Crippen LogP contribution is 2.32. The minimum absolute atomic E-state index is 0.0403. The quantitative estimate of drug-likeness (QED) is 0.576. The van der Waals surface area contributed by atoms with E-state index in [4.69, 9.17) is 4.74 Å². The first kappa shape index (κ1) is 21.8. The number of carbonyl (C=O) groups is 1. The van der Waals surface area contributed by atoms with E-state index in [9.17, 15) is 18.0 Å². The molecule has 0 atom stereocenters. The zero-order valence-corrected chi connectivity index (χ0v) is 17.5. The van der Waals surface area contributed by atoms with Crippen LogP contribution in [0.4, 0.5) is 30.6 Å². The number of morpholine rings is 1. The third kappa shape index (κ3) is 4.83. The lowest BCUT2D eigenvalue weighted by Gasteiger charge is -2.52. The van der Waals surface area contributed by atoms with E-state index in [0.717, 1.165) is 12.1 Å². The minimum Gasteiger partial charge on any atom is -0.406 e. The Bertz CT molecular complexity index is 1200.